The van der Waals surface area contributed by atoms with E-state index in [0.29, 0.717) is 13.2 Å². The molecule has 0 radical (unpaired) electrons. The van der Waals surface area contributed by atoms with Crippen molar-refractivity contribution in [2.75, 3.05) is 20.0 Å². The average Bonchev–Trinajstić information content (AvgIpc) is 2.74. The predicted molar refractivity (Wildman–Crippen MR) is 73.3 cm³/mol. The number of hydrogen-bond donors (Lipinski definition) is 1. The Hall–Kier alpha value is 0.330. The van der Waals surface area contributed by atoms with Crippen LogP contribution in [-0.2, 0) is 14.3 Å². The minimum atomic E-state index is -0.740. The Morgan fingerprint density at radius 2 is 2.14 bits per heavy atom. The number of carbonyl (C=O) groups is 1. The molecule has 1 N–H and O–H groups in total. The van der Waals surface area contributed by atoms with E-state index in [-0.39, 0.29) is 59.2 Å². The van der Waals surface area contributed by atoms with E-state index in [2.05, 4.69) is 0 Å². The van der Waals surface area contributed by atoms with Crippen molar-refractivity contribution in [1.29, 1.82) is 0 Å². The number of rotatable bonds is 3. The molecule has 9 heteroatoms. The molecule has 2 saturated heterocycles. The van der Waals surface area contributed by atoms with Crippen LogP contribution in [0, 0.1) is 11.8 Å². The minimum absolute atomic E-state index is 0. The van der Waals surface area contributed by atoms with Crippen LogP contribution < -0.4 is 34.7 Å². The zero-order valence-corrected chi connectivity index (χ0v) is 15.4. The third kappa shape index (κ3) is 2.92. The SMILES string of the molecule is C[C@@H](O)[C@H]1C(=O)N2C(C([O-])=S)=C(C3COCOC3)S[C@H]12.[Na+]. The van der Waals surface area contributed by atoms with E-state index in [4.69, 9.17) is 21.7 Å². The number of amides is 1. The van der Waals surface area contributed by atoms with Gasteiger partial charge >= 0.3 is 29.6 Å². The second-order valence-electron chi connectivity index (χ2n) is 5.04. The Labute approximate surface area is 154 Å². The molecule has 3 heterocycles. The molecular formula is C12H14NNaO5S2. The molecule has 0 aromatic rings. The summed E-state index contributed by atoms with van der Waals surface area (Å²) in [5, 5.41) is 20.6. The molecule has 0 bridgehead atoms. The van der Waals surface area contributed by atoms with E-state index < -0.39 is 17.1 Å². The average molecular weight is 339 g/mol. The van der Waals surface area contributed by atoms with Crippen molar-refractivity contribution >= 4 is 34.9 Å². The summed E-state index contributed by atoms with van der Waals surface area (Å²) in [5.41, 5.74) is 0.274. The fraction of sp³-hybridized carbons (Fsp3) is 0.667. The number of thiocarbonyl (C=S) groups is 1. The topological polar surface area (TPSA) is 82.1 Å². The van der Waals surface area contributed by atoms with Crippen molar-refractivity contribution in [2.45, 2.75) is 18.4 Å². The van der Waals surface area contributed by atoms with E-state index in [9.17, 15) is 15.0 Å². The zero-order chi connectivity index (χ0) is 14.4. The second kappa shape index (κ2) is 6.84. The van der Waals surface area contributed by atoms with Gasteiger partial charge in [-0.25, -0.2) is 0 Å². The number of thioether (sulfide) groups is 1. The molecule has 3 atom stereocenters. The molecule has 110 valence electrons. The van der Waals surface area contributed by atoms with Crippen LogP contribution in [-0.4, -0.2) is 52.4 Å². The van der Waals surface area contributed by atoms with Crippen molar-refractivity contribution in [3.63, 3.8) is 0 Å². The van der Waals surface area contributed by atoms with Gasteiger partial charge in [-0.15, -0.1) is 11.8 Å². The molecule has 0 aliphatic carbocycles. The van der Waals surface area contributed by atoms with Gasteiger partial charge in [0.2, 0.25) is 5.91 Å². The third-order valence-electron chi connectivity index (χ3n) is 3.69. The first kappa shape index (κ1) is 17.7. The molecule has 0 spiro atoms. The van der Waals surface area contributed by atoms with Crippen molar-refractivity contribution in [3.05, 3.63) is 10.6 Å². The number of aliphatic hydroxyl groups excluding tert-OH is 1. The van der Waals surface area contributed by atoms with Gasteiger partial charge in [-0.1, -0.05) is 12.2 Å². The van der Waals surface area contributed by atoms with Gasteiger partial charge in [-0.3, -0.25) is 9.69 Å². The molecule has 0 aromatic carbocycles. The normalized spacial score (nSPS) is 30.6. The molecule has 0 aromatic heterocycles. The molecule has 0 saturated carbocycles. The third-order valence-corrected chi connectivity index (χ3v) is 5.41. The van der Waals surface area contributed by atoms with Gasteiger partial charge in [0.1, 0.15) is 12.2 Å². The minimum Gasteiger partial charge on any atom is -0.863 e. The Morgan fingerprint density at radius 3 is 2.67 bits per heavy atom. The zero-order valence-electron chi connectivity index (χ0n) is 11.8. The van der Waals surface area contributed by atoms with E-state index in [1.54, 1.807) is 6.92 Å². The molecule has 3 aliphatic heterocycles. The Balaban J connectivity index is 0.00000161. The molecule has 2 fully saturated rings. The van der Waals surface area contributed by atoms with E-state index >= 15 is 0 Å². The van der Waals surface area contributed by atoms with Crippen LogP contribution in [0.4, 0.5) is 0 Å². The molecule has 0 unspecified atom stereocenters. The van der Waals surface area contributed by atoms with Gasteiger partial charge in [0.05, 0.1) is 30.9 Å². The smallest absolute Gasteiger partial charge is 0.863 e. The summed E-state index contributed by atoms with van der Waals surface area (Å²) in [6, 6.07) is 0. The quantitative estimate of drug-likeness (QED) is 0.323. The van der Waals surface area contributed by atoms with Crippen molar-refractivity contribution in [1.82, 2.24) is 4.90 Å². The van der Waals surface area contributed by atoms with Gasteiger partial charge in [-0.2, -0.15) is 0 Å². The van der Waals surface area contributed by atoms with Crippen LogP contribution in [0.15, 0.2) is 10.6 Å². The van der Waals surface area contributed by atoms with E-state index in [0.717, 1.165) is 4.91 Å². The fourth-order valence-electron chi connectivity index (χ4n) is 2.73. The molecule has 6 nitrogen and oxygen atoms in total. The summed E-state index contributed by atoms with van der Waals surface area (Å²) in [5.74, 6) is -0.797. The number of hydrogen-bond acceptors (Lipinski definition) is 7. The van der Waals surface area contributed by atoms with Crippen molar-refractivity contribution in [2.24, 2.45) is 11.8 Å². The summed E-state index contributed by atoms with van der Waals surface area (Å²) in [4.78, 5) is 14.3. The van der Waals surface area contributed by atoms with Crippen LogP contribution in [0.2, 0.25) is 0 Å². The van der Waals surface area contributed by atoms with Crippen LogP contribution in [0.5, 0.6) is 0 Å². The Bertz CT molecular complexity index is 492. The number of fused-ring (bicyclic) bond motifs is 1. The second-order valence-corrected chi connectivity index (χ2v) is 6.57. The maximum atomic E-state index is 12.1. The van der Waals surface area contributed by atoms with Crippen LogP contribution >= 0.6 is 24.0 Å². The number of carbonyl (C=O) groups excluding carboxylic acids is 1. The maximum Gasteiger partial charge on any atom is 1.00 e. The summed E-state index contributed by atoms with van der Waals surface area (Å²) < 4.78 is 10.5. The van der Waals surface area contributed by atoms with Gasteiger partial charge in [0, 0.05) is 10.8 Å². The fourth-order valence-corrected chi connectivity index (χ4v) is 4.70. The van der Waals surface area contributed by atoms with E-state index in [1.165, 1.54) is 16.7 Å². The van der Waals surface area contributed by atoms with Crippen molar-refractivity contribution in [3.8, 4) is 0 Å². The van der Waals surface area contributed by atoms with Gasteiger partial charge < -0.3 is 19.7 Å². The molecule has 1 amide bonds. The largest absolute Gasteiger partial charge is 1.00 e. The summed E-state index contributed by atoms with van der Waals surface area (Å²) in [6.45, 7) is 2.72. The summed E-state index contributed by atoms with van der Waals surface area (Å²) in [7, 11) is 0. The van der Waals surface area contributed by atoms with Gasteiger partial charge in [0.15, 0.2) is 0 Å². The standard InChI is InChI=1S/C12H15NO5S2.Na/c1-5(14)7-10(15)13-8(12(16)19)9(20-11(7)13)6-2-17-4-18-3-6;/h5-7,11,14H,2-4H2,1H3,(H,16,19);/q;+1/p-1/t5-,7+,11-;/m1./s1. The maximum absolute atomic E-state index is 12.1. The summed E-state index contributed by atoms with van der Waals surface area (Å²) in [6.07, 6.45) is -0.740. The van der Waals surface area contributed by atoms with Crippen LogP contribution in [0.25, 0.3) is 0 Å². The first-order chi connectivity index (χ1) is 9.52. The molecule has 3 rings (SSSR count). The number of aliphatic hydroxyl groups is 1. The first-order valence-corrected chi connectivity index (χ1v) is 7.60. The summed E-state index contributed by atoms with van der Waals surface area (Å²) >= 11 is 6.18. The first-order valence-electron chi connectivity index (χ1n) is 6.31. The van der Waals surface area contributed by atoms with Gasteiger partial charge in [-0.05, 0) is 12.0 Å². The monoisotopic (exact) mass is 339 g/mol. The van der Waals surface area contributed by atoms with Crippen molar-refractivity contribution < 1.29 is 54.0 Å². The number of ether oxygens (including phenoxy) is 2. The Kier molecular flexibility index (Phi) is 5.76. The number of β-lactam (4-membered cyclic amide) rings is 1. The Morgan fingerprint density at radius 1 is 1.52 bits per heavy atom. The predicted octanol–water partition coefficient (Wildman–Crippen LogP) is -3.58. The van der Waals surface area contributed by atoms with E-state index in [1.807, 2.05) is 0 Å². The number of nitrogens with zero attached hydrogens (tertiary/aromatic N) is 1. The van der Waals surface area contributed by atoms with Crippen LogP contribution in [0.3, 0.4) is 0 Å². The van der Waals surface area contributed by atoms with Crippen LogP contribution in [0.1, 0.15) is 6.92 Å². The molecular weight excluding hydrogens is 325 g/mol. The molecule has 21 heavy (non-hydrogen) atoms. The van der Waals surface area contributed by atoms with Gasteiger partial charge in [0.25, 0.3) is 0 Å². The molecule has 3 aliphatic rings.